The van der Waals surface area contributed by atoms with E-state index < -0.39 is 166 Å². The fourth-order valence-electron chi connectivity index (χ4n) is 6.70. The monoisotopic (exact) mass is 1040 g/mol. The molecule has 0 saturated heterocycles. The molecule has 0 N–H and O–H groups in total. The third-order valence-corrected chi connectivity index (χ3v) is 14.6. The van der Waals surface area contributed by atoms with Crippen LogP contribution in [0, 0.1) is 0 Å². The van der Waals surface area contributed by atoms with Crippen molar-refractivity contribution in [2.75, 3.05) is 0 Å². The molecule has 68 heavy (non-hydrogen) atoms. The van der Waals surface area contributed by atoms with Crippen LogP contribution in [0.3, 0.4) is 0 Å². The van der Waals surface area contributed by atoms with Crippen LogP contribution in [0.1, 0.15) is 44.5 Å². The van der Waals surface area contributed by atoms with Crippen molar-refractivity contribution < 1.29 is 105 Å². The summed E-state index contributed by atoms with van der Waals surface area (Å²) < 4.78 is 346. The molecule has 6 rings (SSSR count). The van der Waals surface area contributed by atoms with E-state index in [0.29, 0.717) is 12.1 Å². The summed E-state index contributed by atoms with van der Waals surface area (Å²) in [4.78, 5) is 0. The topological polar surface area (TPSA) is 0 Å². The molecule has 0 unspecified atom stereocenters. The molecular formula is C42H18F24P2. The highest BCUT2D eigenvalue weighted by Crippen LogP contribution is 2.48. The van der Waals surface area contributed by atoms with Crippen LogP contribution in [-0.4, -0.2) is 0 Å². The Morgan fingerprint density at radius 3 is 0.529 bits per heavy atom. The van der Waals surface area contributed by atoms with Crippen molar-refractivity contribution in [1.82, 2.24) is 0 Å². The van der Waals surface area contributed by atoms with E-state index in [2.05, 4.69) is 0 Å². The number of alkyl halides is 24. The zero-order valence-corrected chi connectivity index (χ0v) is 34.1. The molecule has 0 aliphatic heterocycles. The van der Waals surface area contributed by atoms with Crippen molar-refractivity contribution in [2.24, 2.45) is 0 Å². The van der Waals surface area contributed by atoms with Crippen LogP contribution in [0.4, 0.5) is 105 Å². The lowest BCUT2D eigenvalue weighted by Crippen LogP contribution is -2.36. The first kappa shape index (κ1) is 52.1. The van der Waals surface area contributed by atoms with Gasteiger partial charge in [-0.3, -0.25) is 0 Å². The average molecular weight is 1040 g/mol. The summed E-state index contributed by atoms with van der Waals surface area (Å²) >= 11 is 0. The minimum Gasteiger partial charge on any atom is -0.166 e. The maximum atomic E-state index is 14.4. The first-order chi connectivity index (χ1) is 30.7. The van der Waals surface area contributed by atoms with Gasteiger partial charge in [0, 0.05) is 0 Å². The molecular weight excluding hydrogens is 1020 g/mol. The highest BCUT2D eigenvalue weighted by molar-refractivity contribution is 7.85. The second-order valence-electron chi connectivity index (χ2n) is 14.4. The van der Waals surface area contributed by atoms with Gasteiger partial charge < -0.3 is 0 Å². The zero-order chi connectivity index (χ0) is 51.1. The summed E-state index contributed by atoms with van der Waals surface area (Å²) in [6.07, 6.45) is -46.6. The van der Waals surface area contributed by atoms with Crippen molar-refractivity contribution in [1.29, 1.82) is 0 Å². The molecule has 0 fully saturated rings. The Morgan fingerprint density at radius 2 is 0.382 bits per heavy atom. The Kier molecular flexibility index (Phi) is 13.3. The largest absolute Gasteiger partial charge is 0.416 e. The van der Waals surface area contributed by atoms with E-state index in [-0.39, 0.29) is 59.3 Å². The average Bonchev–Trinajstić information content (AvgIpc) is 3.18. The maximum Gasteiger partial charge on any atom is 0.416 e. The van der Waals surface area contributed by atoms with Crippen LogP contribution in [0.15, 0.2) is 109 Å². The van der Waals surface area contributed by atoms with Gasteiger partial charge in [-0.1, -0.05) is 24.3 Å². The Hall–Kier alpha value is -5.24. The van der Waals surface area contributed by atoms with E-state index in [1.54, 1.807) is 0 Å². The van der Waals surface area contributed by atoms with Gasteiger partial charge in [0.1, 0.15) is 0 Å². The fraction of sp³-hybridized carbons (Fsp3) is 0.190. The SMILES string of the molecule is FC(F)(F)c1cc(P(c2cc(C(F)(F)F)cc(C(F)(F)F)c2)c2cc3ccccc3cc2P(c2cc(C(F)(F)F)cc(C(F)(F)F)c2)c2cc(C(F)(F)F)cc(C(F)(F)F)c2)cc(C(F)(F)F)c1. The molecule has 0 radical (unpaired) electrons. The molecule has 0 aliphatic rings. The van der Waals surface area contributed by atoms with Gasteiger partial charge in [-0.25, -0.2) is 0 Å². The van der Waals surface area contributed by atoms with Gasteiger partial charge in [0.25, 0.3) is 0 Å². The molecule has 6 aromatic rings. The molecule has 0 aliphatic carbocycles. The van der Waals surface area contributed by atoms with E-state index in [1.165, 1.54) is 0 Å². The second kappa shape index (κ2) is 17.3. The lowest BCUT2D eigenvalue weighted by atomic mass is 10.1. The third-order valence-electron chi connectivity index (χ3n) is 9.65. The second-order valence-corrected chi connectivity index (χ2v) is 18.8. The normalized spacial score (nSPS) is 13.9. The van der Waals surface area contributed by atoms with Crippen molar-refractivity contribution in [3.63, 3.8) is 0 Å². The molecule has 0 nitrogen and oxygen atoms in total. The van der Waals surface area contributed by atoms with E-state index in [0.717, 1.165) is 24.3 Å². The van der Waals surface area contributed by atoms with Crippen molar-refractivity contribution >= 4 is 58.4 Å². The first-order valence-electron chi connectivity index (χ1n) is 18.0. The molecule has 0 bridgehead atoms. The minimum atomic E-state index is -5.82. The standard InChI is InChI=1S/C42H18F24P2/c43-35(44,45)21-7-22(36(46,47)48)12-29(11-21)67(30-13-23(37(49,50)51)8-24(14-30)38(52,53)54)33-5-19-3-1-2-4-20(19)6-34(33)68(31-15-25(39(55,56)57)9-26(16-31)40(58,59)60)32-17-27(41(61,62)63)10-28(18-32)42(64,65)66/h1-18H. The fourth-order valence-corrected chi connectivity index (χ4v) is 12.3. The zero-order valence-electron chi connectivity index (χ0n) is 32.4. The highest BCUT2D eigenvalue weighted by Gasteiger charge is 2.44. The van der Waals surface area contributed by atoms with Crippen LogP contribution < -0.4 is 31.8 Å². The maximum absolute atomic E-state index is 14.4. The summed E-state index contributed by atoms with van der Waals surface area (Å²) in [5.74, 6) is 0. The summed E-state index contributed by atoms with van der Waals surface area (Å²) in [5, 5.41) is -8.69. The van der Waals surface area contributed by atoms with Gasteiger partial charge >= 0.3 is 49.4 Å². The van der Waals surface area contributed by atoms with Crippen LogP contribution in [0.2, 0.25) is 0 Å². The molecule has 0 atom stereocenters. The van der Waals surface area contributed by atoms with Crippen molar-refractivity contribution in [2.45, 2.75) is 49.4 Å². The molecule has 0 heterocycles. The van der Waals surface area contributed by atoms with Crippen molar-refractivity contribution in [3.05, 3.63) is 154 Å². The Morgan fingerprint density at radius 1 is 0.221 bits per heavy atom. The van der Waals surface area contributed by atoms with E-state index >= 15 is 0 Å². The van der Waals surface area contributed by atoms with E-state index in [1.807, 2.05) is 0 Å². The number of halogens is 24. The van der Waals surface area contributed by atoms with Gasteiger partial charge in [0.2, 0.25) is 0 Å². The molecule has 0 spiro atoms. The molecule has 0 saturated carbocycles. The number of fused-ring (bicyclic) bond motifs is 1. The Bertz CT molecular complexity index is 2380. The number of hydrogen-bond acceptors (Lipinski definition) is 0. The molecule has 364 valence electrons. The van der Waals surface area contributed by atoms with Gasteiger partial charge in [0.05, 0.1) is 44.5 Å². The van der Waals surface area contributed by atoms with Gasteiger partial charge in [-0.05, 0) is 143 Å². The van der Waals surface area contributed by atoms with Crippen LogP contribution in [-0.2, 0) is 49.4 Å². The van der Waals surface area contributed by atoms with E-state index in [9.17, 15) is 105 Å². The number of rotatable bonds is 6. The number of hydrogen-bond donors (Lipinski definition) is 0. The Labute approximate surface area is 366 Å². The minimum absolute atomic E-state index is 0.173. The summed E-state index contributed by atoms with van der Waals surface area (Å²) in [6, 6.07) is 2.12. The lowest BCUT2D eigenvalue weighted by molar-refractivity contribution is -0.144. The highest BCUT2D eigenvalue weighted by atomic mass is 31.1. The smallest absolute Gasteiger partial charge is 0.166 e. The van der Waals surface area contributed by atoms with Gasteiger partial charge in [0.15, 0.2) is 0 Å². The predicted octanol–water partition coefficient (Wildman–Crippen LogP) is 14.5. The summed E-state index contributed by atoms with van der Waals surface area (Å²) in [6.45, 7) is 0. The first-order valence-corrected chi connectivity index (χ1v) is 20.7. The van der Waals surface area contributed by atoms with Crippen molar-refractivity contribution in [3.8, 4) is 0 Å². The summed E-state index contributed by atoms with van der Waals surface area (Å²) in [7, 11) is -8.00. The van der Waals surface area contributed by atoms with Crippen LogP contribution in [0.25, 0.3) is 10.8 Å². The number of benzene rings is 6. The predicted molar refractivity (Wildman–Crippen MR) is 201 cm³/mol. The lowest BCUT2D eigenvalue weighted by Gasteiger charge is -2.30. The van der Waals surface area contributed by atoms with Crippen LogP contribution >= 0.6 is 15.8 Å². The third kappa shape index (κ3) is 11.4. The molecule has 26 heteroatoms. The quantitative estimate of drug-likeness (QED) is 0.115. The van der Waals surface area contributed by atoms with E-state index in [4.69, 9.17) is 0 Å². The van der Waals surface area contributed by atoms with Gasteiger partial charge in [-0.15, -0.1) is 0 Å². The molecule has 0 aromatic heterocycles. The molecule has 0 amide bonds. The molecule has 6 aromatic carbocycles. The van der Waals surface area contributed by atoms with Gasteiger partial charge in [-0.2, -0.15) is 105 Å². The summed E-state index contributed by atoms with van der Waals surface area (Å²) in [5.41, 5.74) is -18.1. The Balaban J connectivity index is 1.94. The van der Waals surface area contributed by atoms with Crippen LogP contribution in [0.5, 0.6) is 0 Å².